The number of hydrogen-bond acceptors (Lipinski definition) is 2. The van der Waals surface area contributed by atoms with Crippen LogP contribution in [0.3, 0.4) is 0 Å². The molecule has 0 bridgehead atoms. The third kappa shape index (κ3) is 4.85. The van der Waals surface area contributed by atoms with Gasteiger partial charge < -0.3 is 0 Å². The van der Waals surface area contributed by atoms with Gasteiger partial charge in [0.15, 0.2) is 0 Å². The van der Waals surface area contributed by atoms with Crippen LogP contribution in [0.2, 0.25) is 0 Å². The molecule has 0 saturated carbocycles. The SMILES string of the molecule is Cc1ccc(S(=O)(=O)NCCCCCI)c(C)c1. The summed E-state index contributed by atoms with van der Waals surface area (Å²) < 4.78 is 28.0. The number of aryl methyl sites for hydroxylation is 2. The lowest BCUT2D eigenvalue weighted by Crippen LogP contribution is -2.25. The number of unbranched alkanes of at least 4 members (excludes halogenated alkanes) is 2. The predicted octanol–water partition coefficient (Wildman–Crippen LogP) is 3.19. The molecule has 1 aromatic rings. The lowest BCUT2D eigenvalue weighted by molar-refractivity contribution is 0.575. The molecule has 18 heavy (non-hydrogen) atoms. The van der Waals surface area contributed by atoms with Gasteiger partial charge in [-0.1, -0.05) is 46.7 Å². The molecule has 0 aliphatic carbocycles. The van der Waals surface area contributed by atoms with E-state index in [4.69, 9.17) is 0 Å². The lowest BCUT2D eigenvalue weighted by Gasteiger charge is -2.09. The first-order valence-corrected chi connectivity index (χ1v) is 9.11. The minimum Gasteiger partial charge on any atom is -0.211 e. The van der Waals surface area contributed by atoms with Crippen molar-refractivity contribution in [3.63, 3.8) is 0 Å². The highest BCUT2D eigenvalue weighted by molar-refractivity contribution is 14.1. The molecule has 3 nitrogen and oxygen atoms in total. The van der Waals surface area contributed by atoms with Gasteiger partial charge in [0.05, 0.1) is 4.90 Å². The maximum absolute atomic E-state index is 12.1. The van der Waals surface area contributed by atoms with Crippen molar-refractivity contribution in [1.82, 2.24) is 4.72 Å². The van der Waals surface area contributed by atoms with Crippen molar-refractivity contribution in [2.45, 2.75) is 38.0 Å². The molecule has 0 radical (unpaired) electrons. The summed E-state index contributed by atoms with van der Waals surface area (Å²) >= 11 is 2.33. The van der Waals surface area contributed by atoms with Gasteiger partial charge >= 0.3 is 0 Å². The van der Waals surface area contributed by atoms with E-state index >= 15 is 0 Å². The van der Waals surface area contributed by atoms with Gasteiger partial charge in [0.2, 0.25) is 10.0 Å². The van der Waals surface area contributed by atoms with Crippen molar-refractivity contribution in [3.8, 4) is 0 Å². The van der Waals surface area contributed by atoms with Crippen LogP contribution in [0, 0.1) is 13.8 Å². The Balaban J connectivity index is 2.63. The second-order valence-corrected chi connectivity index (χ2v) is 7.23. The molecule has 1 rings (SSSR count). The Morgan fingerprint density at radius 3 is 2.50 bits per heavy atom. The molecule has 0 heterocycles. The lowest BCUT2D eigenvalue weighted by atomic mass is 10.2. The van der Waals surface area contributed by atoms with E-state index in [0.717, 1.165) is 34.8 Å². The Morgan fingerprint density at radius 1 is 1.17 bits per heavy atom. The average molecular weight is 381 g/mol. The number of hydrogen-bond donors (Lipinski definition) is 1. The Kier molecular flexibility index (Phi) is 6.59. The van der Waals surface area contributed by atoms with Crippen LogP contribution in [0.1, 0.15) is 30.4 Å². The smallest absolute Gasteiger partial charge is 0.211 e. The summed E-state index contributed by atoms with van der Waals surface area (Å²) in [5.41, 5.74) is 1.88. The average Bonchev–Trinajstić information content (AvgIpc) is 2.28. The summed E-state index contributed by atoms with van der Waals surface area (Å²) in [6.45, 7) is 4.31. The first-order chi connectivity index (χ1) is 8.47. The predicted molar refractivity (Wildman–Crippen MR) is 83.8 cm³/mol. The largest absolute Gasteiger partial charge is 0.240 e. The fraction of sp³-hybridized carbons (Fsp3) is 0.538. The van der Waals surface area contributed by atoms with Crippen LogP contribution in [-0.4, -0.2) is 19.4 Å². The molecule has 1 N–H and O–H groups in total. The van der Waals surface area contributed by atoms with Crippen LogP contribution in [0.15, 0.2) is 23.1 Å². The molecule has 1 aromatic carbocycles. The molecule has 0 unspecified atom stereocenters. The highest BCUT2D eigenvalue weighted by Crippen LogP contribution is 2.16. The first kappa shape index (κ1) is 15.9. The van der Waals surface area contributed by atoms with Gasteiger partial charge in [-0.2, -0.15) is 0 Å². The molecule has 0 atom stereocenters. The minimum atomic E-state index is -3.35. The van der Waals surface area contributed by atoms with Crippen molar-refractivity contribution >= 4 is 32.6 Å². The molecule has 5 heteroatoms. The van der Waals surface area contributed by atoms with Crippen molar-refractivity contribution in [1.29, 1.82) is 0 Å². The van der Waals surface area contributed by atoms with Crippen LogP contribution in [-0.2, 0) is 10.0 Å². The van der Waals surface area contributed by atoms with Crippen LogP contribution in [0.25, 0.3) is 0 Å². The number of sulfonamides is 1. The highest BCUT2D eigenvalue weighted by Gasteiger charge is 2.15. The summed E-state index contributed by atoms with van der Waals surface area (Å²) in [4.78, 5) is 0.391. The zero-order valence-corrected chi connectivity index (χ0v) is 13.8. The zero-order chi connectivity index (χ0) is 13.6. The summed E-state index contributed by atoms with van der Waals surface area (Å²) in [6, 6.07) is 5.40. The Morgan fingerprint density at radius 2 is 1.89 bits per heavy atom. The van der Waals surface area contributed by atoms with Crippen LogP contribution in [0.5, 0.6) is 0 Å². The van der Waals surface area contributed by atoms with E-state index in [1.165, 1.54) is 0 Å². The Bertz CT molecular complexity index is 486. The summed E-state index contributed by atoms with van der Waals surface area (Å²) in [6.07, 6.45) is 3.11. The standard InChI is InChI=1S/C13H20INO2S/c1-11-6-7-13(12(2)10-11)18(16,17)15-9-5-3-4-8-14/h6-7,10,15H,3-5,8-9H2,1-2H3. The fourth-order valence-electron chi connectivity index (χ4n) is 1.78. The second-order valence-electron chi connectivity index (χ2n) is 4.42. The maximum Gasteiger partial charge on any atom is 0.240 e. The van der Waals surface area contributed by atoms with E-state index < -0.39 is 10.0 Å². The van der Waals surface area contributed by atoms with Crippen LogP contribution in [0.4, 0.5) is 0 Å². The third-order valence-corrected chi connectivity index (χ3v) is 5.11. The van der Waals surface area contributed by atoms with Crippen molar-refractivity contribution < 1.29 is 8.42 Å². The second kappa shape index (κ2) is 7.45. The van der Waals surface area contributed by atoms with E-state index in [1.54, 1.807) is 6.07 Å². The molecule has 0 aliphatic heterocycles. The number of rotatable bonds is 7. The van der Waals surface area contributed by atoms with Gasteiger partial charge in [-0.25, -0.2) is 13.1 Å². The van der Waals surface area contributed by atoms with Crippen LogP contribution < -0.4 is 4.72 Å². The van der Waals surface area contributed by atoms with Gasteiger partial charge in [0.25, 0.3) is 0 Å². The van der Waals surface area contributed by atoms with E-state index in [9.17, 15) is 8.42 Å². The van der Waals surface area contributed by atoms with Gasteiger partial charge in [0, 0.05) is 6.54 Å². The van der Waals surface area contributed by atoms with Gasteiger partial charge in [-0.3, -0.25) is 0 Å². The topological polar surface area (TPSA) is 46.2 Å². The summed E-state index contributed by atoms with van der Waals surface area (Å²) in [7, 11) is -3.35. The Labute approximate surface area is 124 Å². The molecular formula is C13H20INO2S. The van der Waals surface area contributed by atoms with E-state index in [0.29, 0.717) is 11.4 Å². The third-order valence-electron chi connectivity index (χ3n) is 2.72. The molecule has 0 fully saturated rings. The van der Waals surface area contributed by atoms with Gasteiger partial charge in [-0.15, -0.1) is 0 Å². The number of benzene rings is 1. The molecule has 102 valence electrons. The quantitative estimate of drug-likeness (QED) is 0.448. The Hall–Kier alpha value is -0.140. The van der Waals surface area contributed by atoms with Crippen molar-refractivity contribution in [2.24, 2.45) is 0 Å². The van der Waals surface area contributed by atoms with E-state index in [-0.39, 0.29) is 0 Å². The number of halogens is 1. The number of nitrogens with one attached hydrogen (secondary N) is 1. The normalized spacial score (nSPS) is 11.7. The fourth-order valence-corrected chi connectivity index (χ4v) is 3.62. The summed E-state index contributed by atoms with van der Waals surface area (Å²) in [5, 5.41) is 0. The summed E-state index contributed by atoms with van der Waals surface area (Å²) in [5.74, 6) is 0. The maximum atomic E-state index is 12.1. The monoisotopic (exact) mass is 381 g/mol. The van der Waals surface area contributed by atoms with E-state index in [2.05, 4.69) is 27.3 Å². The van der Waals surface area contributed by atoms with Crippen molar-refractivity contribution in [3.05, 3.63) is 29.3 Å². The molecule has 0 aromatic heterocycles. The van der Waals surface area contributed by atoms with Gasteiger partial charge in [0.1, 0.15) is 0 Å². The molecule has 0 amide bonds. The van der Waals surface area contributed by atoms with Crippen LogP contribution >= 0.6 is 22.6 Å². The van der Waals surface area contributed by atoms with Gasteiger partial charge in [-0.05, 0) is 42.7 Å². The molecule has 0 spiro atoms. The van der Waals surface area contributed by atoms with E-state index in [1.807, 2.05) is 26.0 Å². The minimum absolute atomic E-state index is 0.391. The zero-order valence-electron chi connectivity index (χ0n) is 10.9. The first-order valence-electron chi connectivity index (χ1n) is 6.10. The molecule has 0 saturated heterocycles. The number of alkyl halides is 1. The highest BCUT2D eigenvalue weighted by atomic mass is 127. The molecular weight excluding hydrogens is 361 g/mol. The van der Waals surface area contributed by atoms with Crippen molar-refractivity contribution in [2.75, 3.05) is 11.0 Å². The molecule has 0 aliphatic rings.